The highest BCUT2D eigenvalue weighted by Gasteiger charge is 2.27. The number of nitrogens with one attached hydrogen (secondary N) is 1. The van der Waals surface area contributed by atoms with Crippen molar-refractivity contribution in [1.82, 2.24) is 5.32 Å². The predicted octanol–water partition coefficient (Wildman–Crippen LogP) is 4.93. The lowest BCUT2D eigenvalue weighted by molar-refractivity contribution is 0.233. The Morgan fingerprint density at radius 3 is 2.24 bits per heavy atom. The van der Waals surface area contributed by atoms with Crippen LogP contribution in [0, 0.1) is 5.92 Å². The molecule has 1 saturated carbocycles. The third-order valence-corrected chi connectivity index (χ3v) is 4.26. The molecule has 0 saturated heterocycles. The van der Waals surface area contributed by atoms with Crippen molar-refractivity contribution < 1.29 is 4.74 Å². The van der Waals surface area contributed by atoms with Gasteiger partial charge in [0.15, 0.2) is 0 Å². The summed E-state index contributed by atoms with van der Waals surface area (Å²) in [4.78, 5) is 0. The van der Waals surface area contributed by atoms with Crippen molar-refractivity contribution in [2.24, 2.45) is 5.92 Å². The van der Waals surface area contributed by atoms with Gasteiger partial charge in [-0.3, -0.25) is 0 Å². The van der Waals surface area contributed by atoms with E-state index in [1.165, 1.54) is 24.8 Å². The van der Waals surface area contributed by atoms with Crippen LogP contribution in [0.5, 0.6) is 11.5 Å². The molecule has 21 heavy (non-hydrogen) atoms. The summed E-state index contributed by atoms with van der Waals surface area (Å²) in [6, 6.07) is 19.0. The molecule has 1 unspecified atom stereocenters. The summed E-state index contributed by atoms with van der Waals surface area (Å²) in [5, 5.41) is 3.63. The molecule has 0 spiro atoms. The highest BCUT2D eigenvalue weighted by Crippen LogP contribution is 2.38. The van der Waals surface area contributed by atoms with Crippen molar-refractivity contribution in [3.05, 3.63) is 60.2 Å². The van der Waals surface area contributed by atoms with E-state index in [2.05, 4.69) is 36.5 Å². The lowest BCUT2D eigenvalue weighted by atomic mass is 9.77. The molecule has 110 valence electrons. The van der Waals surface area contributed by atoms with E-state index in [0.29, 0.717) is 6.04 Å². The highest BCUT2D eigenvalue weighted by molar-refractivity contribution is 5.34. The van der Waals surface area contributed by atoms with E-state index in [1.807, 2.05) is 30.3 Å². The summed E-state index contributed by atoms with van der Waals surface area (Å²) in [7, 11) is 0. The summed E-state index contributed by atoms with van der Waals surface area (Å²) in [6.45, 7) is 3.20. The van der Waals surface area contributed by atoms with Gasteiger partial charge in [0.1, 0.15) is 11.5 Å². The van der Waals surface area contributed by atoms with Crippen LogP contribution >= 0.6 is 0 Å². The Kier molecular flexibility index (Phi) is 4.56. The van der Waals surface area contributed by atoms with Crippen LogP contribution in [0.2, 0.25) is 0 Å². The van der Waals surface area contributed by atoms with Gasteiger partial charge in [0, 0.05) is 6.04 Å². The Balaban J connectivity index is 1.70. The molecule has 1 N–H and O–H groups in total. The minimum absolute atomic E-state index is 0.495. The van der Waals surface area contributed by atoms with Crippen LogP contribution < -0.4 is 10.1 Å². The van der Waals surface area contributed by atoms with Gasteiger partial charge in [-0.05, 0) is 55.1 Å². The molecule has 1 aliphatic rings. The standard InChI is InChI=1S/C19H23NO/c1-2-20-19(15-7-6-8-15)16-11-13-18(14-12-16)21-17-9-4-3-5-10-17/h3-5,9-15,19-20H,2,6-8H2,1H3. The lowest BCUT2D eigenvalue weighted by Crippen LogP contribution is -2.32. The van der Waals surface area contributed by atoms with Gasteiger partial charge in [0.2, 0.25) is 0 Å². The number of para-hydroxylation sites is 1. The van der Waals surface area contributed by atoms with Crippen LogP contribution in [0.15, 0.2) is 54.6 Å². The van der Waals surface area contributed by atoms with Gasteiger partial charge in [-0.2, -0.15) is 0 Å². The minimum Gasteiger partial charge on any atom is -0.457 e. The minimum atomic E-state index is 0.495. The molecule has 0 heterocycles. The summed E-state index contributed by atoms with van der Waals surface area (Å²) in [5.41, 5.74) is 1.38. The average Bonchev–Trinajstić information content (AvgIpc) is 2.47. The number of hydrogen-bond donors (Lipinski definition) is 1. The number of ether oxygens (including phenoxy) is 1. The first kappa shape index (κ1) is 14.2. The van der Waals surface area contributed by atoms with Crippen molar-refractivity contribution in [2.45, 2.75) is 32.2 Å². The smallest absolute Gasteiger partial charge is 0.127 e. The van der Waals surface area contributed by atoms with E-state index in [9.17, 15) is 0 Å². The zero-order valence-corrected chi connectivity index (χ0v) is 12.6. The van der Waals surface area contributed by atoms with E-state index in [1.54, 1.807) is 0 Å². The van der Waals surface area contributed by atoms with Gasteiger partial charge in [-0.1, -0.05) is 43.7 Å². The van der Waals surface area contributed by atoms with Gasteiger partial charge in [-0.25, -0.2) is 0 Å². The van der Waals surface area contributed by atoms with Crippen LogP contribution in [0.3, 0.4) is 0 Å². The van der Waals surface area contributed by atoms with Crippen molar-refractivity contribution in [3.8, 4) is 11.5 Å². The molecule has 2 aromatic carbocycles. The van der Waals surface area contributed by atoms with Gasteiger partial charge in [0.25, 0.3) is 0 Å². The first-order chi connectivity index (χ1) is 10.4. The molecule has 0 aliphatic heterocycles. The summed E-state index contributed by atoms with van der Waals surface area (Å²) in [6.07, 6.45) is 4.07. The number of rotatable bonds is 6. The van der Waals surface area contributed by atoms with Crippen LogP contribution in [-0.2, 0) is 0 Å². The van der Waals surface area contributed by atoms with Gasteiger partial charge in [0.05, 0.1) is 0 Å². The maximum absolute atomic E-state index is 5.85. The predicted molar refractivity (Wildman–Crippen MR) is 86.7 cm³/mol. The van der Waals surface area contributed by atoms with E-state index >= 15 is 0 Å². The van der Waals surface area contributed by atoms with Crippen LogP contribution in [-0.4, -0.2) is 6.54 Å². The normalized spacial score (nSPS) is 16.2. The summed E-state index contributed by atoms with van der Waals surface area (Å²) < 4.78 is 5.85. The molecule has 1 fully saturated rings. The van der Waals surface area contributed by atoms with Crippen molar-refractivity contribution in [2.75, 3.05) is 6.54 Å². The molecule has 2 aromatic rings. The molecule has 0 amide bonds. The molecule has 2 nitrogen and oxygen atoms in total. The van der Waals surface area contributed by atoms with Crippen molar-refractivity contribution >= 4 is 0 Å². The second-order valence-electron chi connectivity index (χ2n) is 5.71. The molecular formula is C19H23NO. The Hall–Kier alpha value is -1.80. The Morgan fingerprint density at radius 2 is 1.67 bits per heavy atom. The van der Waals surface area contributed by atoms with E-state index in [-0.39, 0.29) is 0 Å². The van der Waals surface area contributed by atoms with E-state index in [0.717, 1.165) is 24.0 Å². The highest BCUT2D eigenvalue weighted by atomic mass is 16.5. The van der Waals surface area contributed by atoms with E-state index in [4.69, 9.17) is 4.74 Å². The molecule has 0 aromatic heterocycles. The summed E-state index contributed by atoms with van der Waals surface area (Å²) in [5.74, 6) is 2.58. The zero-order chi connectivity index (χ0) is 14.5. The molecule has 0 radical (unpaired) electrons. The molecular weight excluding hydrogens is 258 g/mol. The first-order valence-electron chi connectivity index (χ1n) is 7.93. The Bertz CT molecular complexity index is 546. The topological polar surface area (TPSA) is 21.3 Å². The lowest BCUT2D eigenvalue weighted by Gasteiger charge is -2.34. The Morgan fingerprint density at radius 1 is 1.00 bits per heavy atom. The molecule has 0 bridgehead atoms. The van der Waals surface area contributed by atoms with Crippen LogP contribution in [0.1, 0.15) is 37.8 Å². The SMILES string of the molecule is CCNC(c1ccc(Oc2ccccc2)cc1)C1CCC1. The van der Waals surface area contributed by atoms with Crippen molar-refractivity contribution in [3.63, 3.8) is 0 Å². The van der Waals surface area contributed by atoms with Gasteiger partial charge < -0.3 is 10.1 Å². The second-order valence-corrected chi connectivity index (χ2v) is 5.71. The zero-order valence-electron chi connectivity index (χ0n) is 12.6. The number of hydrogen-bond acceptors (Lipinski definition) is 2. The van der Waals surface area contributed by atoms with Crippen LogP contribution in [0.25, 0.3) is 0 Å². The first-order valence-corrected chi connectivity index (χ1v) is 7.93. The molecule has 2 heteroatoms. The molecule has 1 atom stereocenters. The van der Waals surface area contributed by atoms with Crippen molar-refractivity contribution in [1.29, 1.82) is 0 Å². The molecule has 1 aliphatic carbocycles. The third kappa shape index (κ3) is 3.45. The fraction of sp³-hybridized carbons (Fsp3) is 0.368. The van der Waals surface area contributed by atoms with Gasteiger partial charge >= 0.3 is 0 Å². The fourth-order valence-corrected chi connectivity index (χ4v) is 2.92. The number of benzene rings is 2. The maximum atomic E-state index is 5.85. The largest absolute Gasteiger partial charge is 0.457 e. The molecule has 3 rings (SSSR count). The van der Waals surface area contributed by atoms with E-state index < -0.39 is 0 Å². The van der Waals surface area contributed by atoms with Gasteiger partial charge in [-0.15, -0.1) is 0 Å². The maximum Gasteiger partial charge on any atom is 0.127 e. The third-order valence-electron chi connectivity index (χ3n) is 4.26. The average molecular weight is 281 g/mol. The van der Waals surface area contributed by atoms with Crippen LogP contribution in [0.4, 0.5) is 0 Å². The second kappa shape index (κ2) is 6.77. The quantitative estimate of drug-likeness (QED) is 0.810. The fourth-order valence-electron chi connectivity index (χ4n) is 2.92. The monoisotopic (exact) mass is 281 g/mol. The Labute approximate surface area is 127 Å². The summed E-state index contributed by atoms with van der Waals surface area (Å²) >= 11 is 0.